The first-order valence-electron chi connectivity index (χ1n) is 5.09. The lowest BCUT2D eigenvalue weighted by Crippen LogP contribution is -1.83. The zero-order valence-electron chi connectivity index (χ0n) is 8.63. The second-order valence-electron chi connectivity index (χ2n) is 3.53. The van der Waals surface area contributed by atoms with E-state index in [9.17, 15) is 0 Å². The Morgan fingerprint density at radius 3 is 2.53 bits per heavy atom. The summed E-state index contributed by atoms with van der Waals surface area (Å²) in [6.07, 6.45) is 4.05. The Bertz CT molecular complexity index is 431. The minimum Gasteiger partial charge on any atom is -0.329 e. The molecule has 0 fully saturated rings. The molecule has 0 aliphatic rings. The third-order valence-corrected chi connectivity index (χ3v) is 2.54. The van der Waals surface area contributed by atoms with Gasteiger partial charge in [0.25, 0.3) is 0 Å². The number of benzene rings is 1. The number of imidazole rings is 1. The van der Waals surface area contributed by atoms with Gasteiger partial charge in [0, 0.05) is 0 Å². The molecule has 1 aromatic heterocycles. The molecule has 0 saturated heterocycles. The van der Waals surface area contributed by atoms with Crippen LogP contribution in [0.15, 0.2) is 30.5 Å². The van der Waals surface area contributed by atoms with E-state index in [-0.39, 0.29) is 0 Å². The zero-order valence-corrected chi connectivity index (χ0v) is 9.38. The van der Waals surface area contributed by atoms with Gasteiger partial charge in [-0.1, -0.05) is 37.6 Å². The van der Waals surface area contributed by atoms with Crippen molar-refractivity contribution < 1.29 is 0 Å². The molecule has 0 unspecified atom stereocenters. The maximum Gasteiger partial charge on any atom is 0.200 e. The Balaban J connectivity index is 2.23. The number of aromatic amines is 1. The number of rotatable bonds is 3. The monoisotopic (exact) mass is 220 g/mol. The minimum absolute atomic E-state index is 0.433. The van der Waals surface area contributed by atoms with Crippen LogP contribution >= 0.6 is 11.6 Å². The highest BCUT2D eigenvalue weighted by Crippen LogP contribution is 2.19. The van der Waals surface area contributed by atoms with E-state index < -0.39 is 0 Å². The van der Waals surface area contributed by atoms with Gasteiger partial charge >= 0.3 is 0 Å². The number of aromatic nitrogens is 2. The van der Waals surface area contributed by atoms with Crippen LogP contribution in [0.4, 0.5) is 0 Å². The van der Waals surface area contributed by atoms with Crippen molar-refractivity contribution in [3.8, 4) is 11.3 Å². The van der Waals surface area contributed by atoms with E-state index >= 15 is 0 Å². The SMILES string of the molecule is CCCc1ccc(-c2cnc(Cl)[nH]2)cc1. The van der Waals surface area contributed by atoms with Crippen molar-refractivity contribution in [2.75, 3.05) is 0 Å². The molecule has 0 spiro atoms. The van der Waals surface area contributed by atoms with E-state index in [0.29, 0.717) is 5.28 Å². The Morgan fingerprint density at radius 2 is 2.00 bits per heavy atom. The third kappa shape index (κ3) is 2.39. The van der Waals surface area contributed by atoms with E-state index in [0.717, 1.165) is 17.7 Å². The Labute approximate surface area is 94.3 Å². The average molecular weight is 221 g/mol. The first-order chi connectivity index (χ1) is 7.29. The third-order valence-electron chi connectivity index (χ3n) is 2.35. The largest absolute Gasteiger partial charge is 0.329 e. The first kappa shape index (κ1) is 10.2. The summed E-state index contributed by atoms with van der Waals surface area (Å²) in [7, 11) is 0. The summed E-state index contributed by atoms with van der Waals surface area (Å²) in [5.41, 5.74) is 3.45. The number of nitrogens with zero attached hydrogens (tertiary/aromatic N) is 1. The van der Waals surface area contributed by atoms with Gasteiger partial charge in [0.2, 0.25) is 0 Å². The van der Waals surface area contributed by atoms with Gasteiger partial charge in [-0.15, -0.1) is 0 Å². The van der Waals surface area contributed by atoms with Crippen LogP contribution in [0.5, 0.6) is 0 Å². The van der Waals surface area contributed by atoms with Crippen LogP contribution in [0.2, 0.25) is 5.28 Å². The summed E-state index contributed by atoms with van der Waals surface area (Å²) in [4.78, 5) is 6.96. The van der Waals surface area contributed by atoms with Crippen LogP contribution in [-0.4, -0.2) is 9.97 Å². The van der Waals surface area contributed by atoms with Gasteiger partial charge in [0.05, 0.1) is 11.9 Å². The van der Waals surface area contributed by atoms with Crippen molar-refractivity contribution in [1.82, 2.24) is 9.97 Å². The molecule has 3 heteroatoms. The van der Waals surface area contributed by atoms with Gasteiger partial charge in [0.15, 0.2) is 5.28 Å². The molecule has 78 valence electrons. The zero-order chi connectivity index (χ0) is 10.7. The van der Waals surface area contributed by atoms with Crippen molar-refractivity contribution in [3.05, 3.63) is 41.3 Å². The predicted molar refractivity (Wildman–Crippen MR) is 63.0 cm³/mol. The van der Waals surface area contributed by atoms with E-state index in [1.165, 1.54) is 12.0 Å². The highest BCUT2D eigenvalue weighted by atomic mass is 35.5. The molecule has 0 radical (unpaired) electrons. The summed E-state index contributed by atoms with van der Waals surface area (Å²) in [6, 6.07) is 8.48. The molecule has 2 aromatic rings. The van der Waals surface area contributed by atoms with Gasteiger partial charge in [-0.2, -0.15) is 0 Å². The maximum atomic E-state index is 5.72. The summed E-state index contributed by atoms with van der Waals surface area (Å²) < 4.78 is 0. The second-order valence-corrected chi connectivity index (χ2v) is 3.89. The number of H-pyrrole nitrogens is 1. The quantitative estimate of drug-likeness (QED) is 0.840. The maximum absolute atomic E-state index is 5.72. The number of nitrogens with one attached hydrogen (secondary N) is 1. The van der Waals surface area contributed by atoms with Crippen molar-refractivity contribution in [1.29, 1.82) is 0 Å². The van der Waals surface area contributed by atoms with Gasteiger partial charge < -0.3 is 4.98 Å². The van der Waals surface area contributed by atoms with E-state index in [1.54, 1.807) is 6.20 Å². The molecule has 0 saturated carbocycles. The van der Waals surface area contributed by atoms with E-state index in [1.807, 2.05) is 0 Å². The lowest BCUT2D eigenvalue weighted by Gasteiger charge is -2.00. The fourth-order valence-corrected chi connectivity index (χ4v) is 1.73. The molecule has 0 bridgehead atoms. The lowest BCUT2D eigenvalue weighted by atomic mass is 10.1. The second kappa shape index (κ2) is 4.49. The van der Waals surface area contributed by atoms with Crippen molar-refractivity contribution in [2.45, 2.75) is 19.8 Å². The lowest BCUT2D eigenvalue weighted by molar-refractivity contribution is 0.922. The molecule has 0 aliphatic heterocycles. The van der Waals surface area contributed by atoms with Gasteiger partial charge in [-0.3, -0.25) is 0 Å². The summed E-state index contributed by atoms with van der Waals surface area (Å²) in [6.45, 7) is 2.18. The van der Waals surface area contributed by atoms with Crippen LogP contribution in [0.3, 0.4) is 0 Å². The van der Waals surface area contributed by atoms with Crippen LogP contribution in [0, 0.1) is 0 Å². The molecule has 0 atom stereocenters. The normalized spacial score (nSPS) is 10.5. The summed E-state index contributed by atoms with van der Waals surface area (Å²) in [5, 5.41) is 0.433. The summed E-state index contributed by atoms with van der Waals surface area (Å²) in [5.74, 6) is 0. The van der Waals surface area contributed by atoms with Gasteiger partial charge in [0.1, 0.15) is 0 Å². The summed E-state index contributed by atoms with van der Waals surface area (Å²) >= 11 is 5.72. The highest BCUT2D eigenvalue weighted by molar-refractivity contribution is 6.28. The fraction of sp³-hybridized carbons (Fsp3) is 0.250. The van der Waals surface area contributed by atoms with E-state index in [2.05, 4.69) is 41.2 Å². The fourth-order valence-electron chi connectivity index (χ4n) is 1.58. The number of hydrogen-bond acceptors (Lipinski definition) is 1. The Kier molecular flexibility index (Phi) is 3.07. The highest BCUT2D eigenvalue weighted by Gasteiger charge is 2.01. The molecule has 1 heterocycles. The first-order valence-corrected chi connectivity index (χ1v) is 5.47. The number of hydrogen-bond donors (Lipinski definition) is 1. The Hall–Kier alpha value is -1.28. The molecule has 0 aliphatic carbocycles. The molecule has 2 rings (SSSR count). The molecule has 0 amide bonds. The number of halogens is 1. The van der Waals surface area contributed by atoms with Crippen molar-refractivity contribution in [2.24, 2.45) is 0 Å². The molecular weight excluding hydrogens is 208 g/mol. The smallest absolute Gasteiger partial charge is 0.200 e. The minimum atomic E-state index is 0.433. The molecular formula is C12H13ClN2. The average Bonchev–Trinajstić information content (AvgIpc) is 2.67. The van der Waals surface area contributed by atoms with Crippen LogP contribution in [-0.2, 0) is 6.42 Å². The van der Waals surface area contributed by atoms with Gasteiger partial charge in [-0.05, 0) is 29.1 Å². The van der Waals surface area contributed by atoms with Crippen molar-refractivity contribution in [3.63, 3.8) is 0 Å². The Morgan fingerprint density at radius 1 is 1.27 bits per heavy atom. The predicted octanol–water partition coefficient (Wildman–Crippen LogP) is 3.68. The molecule has 1 N–H and O–H groups in total. The molecule has 1 aromatic carbocycles. The van der Waals surface area contributed by atoms with E-state index in [4.69, 9.17) is 11.6 Å². The molecule has 15 heavy (non-hydrogen) atoms. The van der Waals surface area contributed by atoms with Crippen LogP contribution < -0.4 is 0 Å². The van der Waals surface area contributed by atoms with Crippen LogP contribution in [0.25, 0.3) is 11.3 Å². The number of aryl methyl sites for hydroxylation is 1. The topological polar surface area (TPSA) is 28.7 Å². The standard InChI is InChI=1S/C12H13ClN2/c1-2-3-9-4-6-10(7-5-9)11-8-14-12(13)15-11/h4-8H,2-3H2,1H3,(H,14,15). The van der Waals surface area contributed by atoms with Gasteiger partial charge in [-0.25, -0.2) is 4.98 Å². The van der Waals surface area contributed by atoms with Crippen molar-refractivity contribution >= 4 is 11.6 Å². The molecule has 2 nitrogen and oxygen atoms in total. The van der Waals surface area contributed by atoms with Crippen LogP contribution in [0.1, 0.15) is 18.9 Å².